The van der Waals surface area contributed by atoms with Gasteiger partial charge in [-0.15, -0.1) is 10.2 Å². The third-order valence-corrected chi connectivity index (χ3v) is 6.64. The molecule has 5 rings (SSSR count). The summed E-state index contributed by atoms with van der Waals surface area (Å²) in [5.41, 5.74) is 1.17. The molecule has 0 aliphatic carbocycles. The van der Waals surface area contributed by atoms with Crippen LogP contribution in [-0.4, -0.2) is 56.4 Å². The van der Waals surface area contributed by atoms with Crippen LogP contribution >= 0.6 is 0 Å². The van der Waals surface area contributed by atoms with Crippen LogP contribution < -0.4 is 0 Å². The minimum atomic E-state index is -0.278. The molecule has 4 heterocycles. The number of hydrogen-bond donors (Lipinski definition) is 0. The van der Waals surface area contributed by atoms with Crippen LogP contribution in [0.15, 0.2) is 59.3 Å². The Hall–Kier alpha value is -3.55. The van der Waals surface area contributed by atoms with Crippen molar-refractivity contribution in [3.63, 3.8) is 0 Å². The van der Waals surface area contributed by atoms with Crippen molar-refractivity contribution in [1.29, 1.82) is 0 Å². The van der Waals surface area contributed by atoms with Crippen LogP contribution in [0.3, 0.4) is 0 Å². The van der Waals surface area contributed by atoms with Gasteiger partial charge in [-0.3, -0.25) is 14.6 Å². The van der Waals surface area contributed by atoms with Crippen LogP contribution in [0.1, 0.15) is 57.8 Å². The summed E-state index contributed by atoms with van der Waals surface area (Å²) in [6.45, 7) is 3.68. The van der Waals surface area contributed by atoms with E-state index in [1.165, 1.54) is 0 Å². The molecule has 8 nitrogen and oxygen atoms in total. The van der Waals surface area contributed by atoms with Crippen LogP contribution in [0, 0.1) is 12.3 Å². The second kappa shape index (κ2) is 8.18. The number of carbonyl (C=O) groups excluding carboxylic acids is 2. The van der Waals surface area contributed by atoms with Crippen molar-refractivity contribution in [2.24, 2.45) is 5.41 Å². The van der Waals surface area contributed by atoms with Crippen molar-refractivity contribution in [2.75, 3.05) is 19.6 Å². The van der Waals surface area contributed by atoms with E-state index >= 15 is 0 Å². The third kappa shape index (κ3) is 3.77. The second-order valence-corrected chi connectivity index (χ2v) is 8.71. The first kappa shape index (κ1) is 20.4. The lowest BCUT2D eigenvalue weighted by Crippen LogP contribution is -2.44. The Labute approximate surface area is 186 Å². The van der Waals surface area contributed by atoms with Crippen LogP contribution in [0.25, 0.3) is 0 Å². The zero-order chi connectivity index (χ0) is 22.1. The molecule has 8 heteroatoms. The molecule has 2 aliphatic heterocycles. The summed E-state index contributed by atoms with van der Waals surface area (Å²) < 4.78 is 5.74. The minimum absolute atomic E-state index is 0.0609. The number of amides is 2. The van der Waals surface area contributed by atoms with E-state index in [1.54, 1.807) is 31.5 Å². The lowest BCUT2D eigenvalue weighted by molar-refractivity contribution is 0.0562. The topological polar surface area (TPSA) is 92.4 Å². The van der Waals surface area contributed by atoms with Gasteiger partial charge in [-0.25, -0.2) is 0 Å². The van der Waals surface area contributed by atoms with Gasteiger partial charge in [0.05, 0.1) is 5.56 Å². The monoisotopic (exact) mass is 431 g/mol. The van der Waals surface area contributed by atoms with Gasteiger partial charge in [0.2, 0.25) is 11.8 Å². The maximum absolute atomic E-state index is 13.4. The average molecular weight is 431 g/mol. The van der Waals surface area contributed by atoms with E-state index in [1.807, 2.05) is 40.1 Å². The maximum atomic E-state index is 13.4. The van der Waals surface area contributed by atoms with Crippen LogP contribution in [0.5, 0.6) is 0 Å². The number of pyridine rings is 1. The zero-order valence-corrected chi connectivity index (χ0v) is 18.0. The van der Waals surface area contributed by atoms with E-state index in [0.717, 1.165) is 19.3 Å². The Morgan fingerprint density at radius 1 is 1.00 bits per heavy atom. The summed E-state index contributed by atoms with van der Waals surface area (Å²) in [7, 11) is 0. The number of nitrogens with zero attached hydrogens (tertiary/aromatic N) is 5. The summed E-state index contributed by atoms with van der Waals surface area (Å²) in [6, 6.07) is 12.6. The summed E-state index contributed by atoms with van der Waals surface area (Å²) >= 11 is 0. The Balaban J connectivity index is 1.36. The first-order chi connectivity index (χ1) is 15.5. The van der Waals surface area contributed by atoms with E-state index < -0.39 is 0 Å². The molecular weight excluding hydrogens is 406 g/mol. The molecule has 1 atom stereocenters. The molecule has 0 bridgehead atoms. The zero-order valence-electron chi connectivity index (χ0n) is 18.0. The Morgan fingerprint density at radius 2 is 1.75 bits per heavy atom. The molecule has 0 radical (unpaired) electrons. The lowest BCUT2D eigenvalue weighted by Gasteiger charge is -2.39. The highest BCUT2D eigenvalue weighted by atomic mass is 16.4. The number of piperidine rings is 1. The number of carbonyl (C=O) groups is 2. The molecule has 32 heavy (non-hydrogen) atoms. The standard InChI is InChI=1S/C24H25N5O3/c1-17-26-27-21(32-17)20-14-24(16-29(20)23(31)19-8-5-11-25-15-19)9-12-28(13-10-24)22(30)18-6-3-2-4-7-18/h2-8,11,15,20H,9-10,12-14,16H2,1H3. The fourth-order valence-corrected chi connectivity index (χ4v) is 4.90. The Bertz CT molecular complexity index is 1110. The van der Waals surface area contributed by atoms with E-state index in [0.29, 0.717) is 42.5 Å². The summed E-state index contributed by atoms with van der Waals surface area (Å²) in [5.74, 6) is 0.932. The molecule has 2 aliphatic rings. The molecule has 1 spiro atoms. The van der Waals surface area contributed by atoms with Crippen molar-refractivity contribution >= 4 is 11.8 Å². The third-order valence-electron chi connectivity index (χ3n) is 6.64. The predicted molar refractivity (Wildman–Crippen MR) is 116 cm³/mol. The summed E-state index contributed by atoms with van der Waals surface area (Å²) in [4.78, 5) is 34.1. The van der Waals surface area contributed by atoms with E-state index in [9.17, 15) is 9.59 Å². The molecule has 3 aromatic rings. The average Bonchev–Trinajstić information content (AvgIpc) is 3.43. The molecular formula is C24H25N5O3. The number of likely N-dealkylation sites (tertiary alicyclic amines) is 2. The number of rotatable bonds is 3. The van der Waals surface area contributed by atoms with Gasteiger partial charge in [0.25, 0.3) is 11.8 Å². The van der Waals surface area contributed by atoms with Crippen molar-refractivity contribution in [3.05, 3.63) is 77.8 Å². The largest absolute Gasteiger partial charge is 0.423 e. The molecule has 2 saturated heterocycles. The number of aromatic nitrogens is 3. The van der Waals surface area contributed by atoms with Crippen molar-refractivity contribution in [1.82, 2.24) is 25.0 Å². The molecule has 1 aromatic carbocycles. The fourth-order valence-electron chi connectivity index (χ4n) is 4.90. The van der Waals surface area contributed by atoms with E-state index in [4.69, 9.17) is 4.42 Å². The minimum Gasteiger partial charge on any atom is -0.423 e. The normalized spacial score (nSPS) is 20.0. The number of aryl methyl sites for hydroxylation is 1. The van der Waals surface area contributed by atoms with Crippen LogP contribution in [0.2, 0.25) is 0 Å². The first-order valence-electron chi connectivity index (χ1n) is 10.9. The maximum Gasteiger partial charge on any atom is 0.256 e. The molecule has 2 amide bonds. The van der Waals surface area contributed by atoms with Gasteiger partial charge in [-0.2, -0.15) is 0 Å². The first-order valence-corrected chi connectivity index (χ1v) is 10.9. The molecule has 0 saturated carbocycles. The fraction of sp³-hybridized carbons (Fsp3) is 0.375. The van der Waals surface area contributed by atoms with Crippen molar-refractivity contribution in [3.8, 4) is 0 Å². The molecule has 0 N–H and O–H groups in total. The van der Waals surface area contributed by atoms with Gasteiger partial charge < -0.3 is 14.2 Å². The SMILES string of the molecule is Cc1nnc(C2CC3(CCN(C(=O)c4ccccc4)CC3)CN2C(=O)c2cccnc2)o1. The van der Waals surface area contributed by atoms with Gasteiger partial charge >= 0.3 is 0 Å². The quantitative estimate of drug-likeness (QED) is 0.632. The summed E-state index contributed by atoms with van der Waals surface area (Å²) in [5, 5.41) is 8.20. The van der Waals surface area contributed by atoms with Crippen molar-refractivity contribution in [2.45, 2.75) is 32.2 Å². The molecule has 164 valence electrons. The predicted octanol–water partition coefficient (Wildman–Crippen LogP) is 3.28. The highest BCUT2D eigenvalue weighted by Gasteiger charge is 2.50. The second-order valence-electron chi connectivity index (χ2n) is 8.71. The van der Waals surface area contributed by atoms with Gasteiger partial charge in [0, 0.05) is 44.5 Å². The van der Waals surface area contributed by atoms with Crippen LogP contribution in [0.4, 0.5) is 0 Å². The molecule has 2 aromatic heterocycles. The highest BCUT2D eigenvalue weighted by molar-refractivity contribution is 5.95. The number of benzene rings is 1. The van der Waals surface area contributed by atoms with Crippen molar-refractivity contribution < 1.29 is 14.0 Å². The molecule has 2 fully saturated rings. The van der Waals surface area contributed by atoms with Gasteiger partial charge in [-0.05, 0) is 48.9 Å². The highest BCUT2D eigenvalue weighted by Crippen LogP contribution is 2.49. The molecule has 1 unspecified atom stereocenters. The smallest absolute Gasteiger partial charge is 0.256 e. The number of hydrogen-bond acceptors (Lipinski definition) is 6. The van der Waals surface area contributed by atoms with Crippen LogP contribution in [-0.2, 0) is 0 Å². The van der Waals surface area contributed by atoms with Gasteiger partial charge in [-0.1, -0.05) is 18.2 Å². The lowest BCUT2D eigenvalue weighted by atomic mass is 9.76. The van der Waals surface area contributed by atoms with E-state index in [2.05, 4.69) is 15.2 Å². The van der Waals surface area contributed by atoms with E-state index in [-0.39, 0.29) is 23.3 Å². The Morgan fingerprint density at radius 3 is 2.41 bits per heavy atom. The Kier molecular flexibility index (Phi) is 5.20. The van der Waals surface area contributed by atoms with Gasteiger partial charge in [0.15, 0.2) is 0 Å². The summed E-state index contributed by atoms with van der Waals surface area (Å²) in [6.07, 6.45) is 5.64. The van der Waals surface area contributed by atoms with Gasteiger partial charge in [0.1, 0.15) is 6.04 Å².